The molecule has 1 rings (SSSR count). The number of methoxy groups -OCH3 is 1. The summed E-state index contributed by atoms with van der Waals surface area (Å²) in [5, 5.41) is 10.7. The van der Waals surface area contributed by atoms with Gasteiger partial charge in [0.1, 0.15) is 0 Å². The molecule has 4 heteroatoms. The van der Waals surface area contributed by atoms with E-state index in [2.05, 4.69) is 0 Å². The van der Waals surface area contributed by atoms with Gasteiger partial charge in [0.25, 0.3) is 0 Å². The van der Waals surface area contributed by atoms with Crippen molar-refractivity contribution in [3.05, 3.63) is 39.8 Å². The molecule has 0 saturated heterocycles. The molecule has 0 aromatic heterocycles. The molecule has 4 nitrogen and oxygen atoms in total. The van der Waals surface area contributed by atoms with Crippen molar-refractivity contribution < 1.29 is 9.66 Å². The van der Waals surface area contributed by atoms with Crippen LogP contribution in [0.1, 0.15) is 19.4 Å². The summed E-state index contributed by atoms with van der Waals surface area (Å²) in [4.78, 5) is 10.2. The third-order valence-corrected chi connectivity index (χ3v) is 1.95. The average Bonchev–Trinajstić information content (AvgIpc) is 2.16. The lowest BCUT2D eigenvalue weighted by molar-refractivity contribution is -0.385. The highest BCUT2D eigenvalue weighted by molar-refractivity contribution is 5.51. The monoisotopic (exact) mass is 194 g/mol. The first-order valence-electron chi connectivity index (χ1n) is 4.19. The van der Waals surface area contributed by atoms with Gasteiger partial charge in [-0.05, 0) is 17.5 Å². The van der Waals surface area contributed by atoms with E-state index in [1.165, 1.54) is 13.2 Å². The van der Waals surface area contributed by atoms with Gasteiger partial charge >= 0.3 is 5.69 Å². The van der Waals surface area contributed by atoms with E-state index in [4.69, 9.17) is 4.74 Å². The van der Waals surface area contributed by atoms with E-state index >= 15 is 0 Å². The van der Waals surface area contributed by atoms with Crippen LogP contribution >= 0.6 is 0 Å². The van der Waals surface area contributed by atoms with Crippen molar-refractivity contribution >= 4 is 5.69 Å². The zero-order valence-electron chi connectivity index (χ0n) is 8.40. The van der Waals surface area contributed by atoms with Crippen LogP contribution in [0.5, 0.6) is 5.75 Å². The van der Waals surface area contributed by atoms with Crippen molar-refractivity contribution in [2.45, 2.75) is 13.8 Å². The SMILES string of the molecule is COc1ccc([C](C)C)cc1[N+](=O)[O-]. The fraction of sp³-hybridized carbons (Fsp3) is 0.300. The number of rotatable bonds is 3. The molecule has 0 atom stereocenters. The Bertz CT molecular complexity index is 347. The largest absolute Gasteiger partial charge is 0.490 e. The summed E-state index contributed by atoms with van der Waals surface area (Å²) in [6.07, 6.45) is 0. The summed E-state index contributed by atoms with van der Waals surface area (Å²) in [6.45, 7) is 3.82. The molecule has 0 N–H and O–H groups in total. The van der Waals surface area contributed by atoms with E-state index in [1.807, 2.05) is 13.8 Å². The fourth-order valence-corrected chi connectivity index (χ4v) is 1.14. The quantitative estimate of drug-likeness (QED) is 0.548. The number of nitro groups is 1. The van der Waals surface area contributed by atoms with Gasteiger partial charge in [-0.1, -0.05) is 19.9 Å². The molecule has 1 radical (unpaired) electrons. The van der Waals surface area contributed by atoms with Gasteiger partial charge in [0, 0.05) is 6.07 Å². The van der Waals surface area contributed by atoms with Crippen molar-refractivity contribution in [2.24, 2.45) is 0 Å². The van der Waals surface area contributed by atoms with Crippen LogP contribution in [0.3, 0.4) is 0 Å². The van der Waals surface area contributed by atoms with Gasteiger partial charge in [0.2, 0.25) is 0 Å². The summed E-state index contributed by atoms with van der Waals surface area (Å²) in [7, 11) is 1.42. The molecule has 0 spiro atoms. The summed E-state index contributed by atoms with van der Waals surface area (Å²) in [5.41, 5.74) is 0.865. The Labute approximate surface area is 82.7 Å². The molecule has 0 heterocycles. The zero-order chi connectivity index (χ0) is 10.7. The van der Waals surface area contributed by atoms with E-state index in [0.29, 0.717) is 5.75 Å². The summed E-state index contributed by atoms with van der Waals surface area (Å²) in [5.74, 6) is 1.33. The number of nitrogens with zero attached hydrogens (tertiary/aromatic N) is 1. The van der Waals surface area contributed by atoms with Gasteiger partial charge in [-0.25, -0.2) is 0 Å². The van der Waals surface area contributed by atoms with Crippen LogP contribution in [-0.2, 0) is 0 Å². The van der Waals surface area contributed by atoms with Crippen molar-refractivity contribution in [3.63, 3.8) is 0 Å². The maximum absolute atomic E-state index is 10.7. The molecule has 0 unspecified atom stereocenters. The Balaban J connectivity index is 3.21. The molecule has 14 heavy (non-hydrogen) atoms. The average molecular weight is 194 g/mol. The summed E-state index contributed by atoms with van der Waals surface area (Å²) in [6, 6.07) is 4.94. The highest BCUT2D eigenvalue weighted by Crippen LogP contribution is 2.29. The van der Waals surface area contributed by atoms with Gasteiger partial charge in [-0.2, -0.15) is 0 Å². The maximum atomic E-state index is 10.7. The van der Waals surface area contributed by atoms with Crippen LogP contribution in [0.25, 0.3) is 0 Å². The highest BCUT2D eigenvalue weighted by Gasteiger charge is 2.15. The van der Waals surface area contributed by atoms with E-state index in [9.17, 15) is 10.1 Å². The Kier molecular flexibility index (Phi) is 3.06. The van der Waals surface area contributed by atoms with E-state index in [1.54, 1.807) is 12.1 Å². The van der Waals surface area contributed by atoms with Crippen LogP contribution in [0.4, 0.5) is 5.69 Å². The van der Waals surface area contributed by atoms with E-state index in [0.717, 1.165) is 11.5 Å². The first kappa shape index (κ1) is 10.5. The number of nitro benzene ring substituents is 1. The summed E-state index contributed by atoms with van der Waals surface area (Å²) < 4.78 is 4.89. The van der Waals surface area contributed by atoms with Gasteiger partial charge in [-0.3, -0.25) is 10.1 Å². The minimum atomic E-state index is -0.439. The third kappa shape index (κ3) is 2.02. The standard InChI is InChI=1S/C10H12NO3/c1-7(2)8-4-5-10(14-3)9(6-8)11(12)13/h4-6H,1-3H3. The Hall–Kier alpha value is -1.58. The van der Waals surface area contributed by atoms with E-state index in [-0.39, 0.29) is 5.69 Å². The number of ether oxygens (including phenoxy) is 1. The van der Waals surface area contributed by atoms with Crippen LogP contribution in [0, 0.1) is 16.0 Å². The number of hydrogen-bond acceptors (Lipinski definition) is 3. The Morgan fingerprint density at radius 1 is 1.43 bits per heavy atom. The minimum absolute atomic E-state index is 0.00574. The summed E-state index contributed by atoms with van der Waals surface area (Å²) >= 11 is 0. The maximum Gasteiger partial charge on any atom is 0.311 e. The Morgan fingerprint density at radius 2 is 2.07 bits per heavy atom. The number of hydrogen-bond donors (Lipinski definition) is 0. The van der Waals surface area contributed by atoms with Crippen molar-refractivity contribution in [2.75, 3.05) is 7.11 Å². The predicted molar refractivity (Wildman–Crippen MR) is 53.3 cm³/mol. The molecule has 0 saturated carbocycles. The molecule has 0 fully saturated rings. The number of benzene rings is 1. The van der Waals surface area contributed by atoms with Crippen molar-refractivity contribution in [3.8, 4) is 5.75 Å². The molecular formula is C10H12NO3. The molecule has 1 aromatic carbocycles. The van der Waals surface area contributed by atoms with Crippen LogP contribution < -0.4 is 4.74 Å². The van der Waals surface area contributed by atoms with E-state index < -0.39 is 4.92 Å². The lowest BCUT2D eigenvalue weighted by atomic mass is 10.0. The van der Waals surface area contributed by atoms with Gasteiger partial charge < -0.3 is 4.74 Å². The first-order valence-corrected chi connectivity index (χ1v) is 4.19. The second-order valence-electron chi connectivity index (χ2n) is 3.14. The predicted octanol–water partition coefficient (Wildman–Crippen LogP) is 2.57. The second kappa shape index (κ2) is 4.09. The molecule has 0 amide bonds. The topological polar surface area (TPSA) is 52.4 Å². The molecule has 0 bridgehead atoms. The second-order valence-corrected chi connectivity index (χ2v) is 3.14. The van der Waals surface area contributed by atoms with Crippen LogP contribution in [0.2, 0.25) is 0 Å². The lowest BCUT2D eigenvalue weighted by Crippen LogP contribution is -1.96. The normalized spacial score (nSPS) is 10.3. The Morgan fingerprint density at radius 3 is 2.50 bits per heavy atom. The molecule has 0 aliphatic rings. The van der Waals surface area contributed by atoms with Crippen LogP contribution in [0.15, 0.2) is 18.2 Å². The highest BCUT2D eigenvalue weighted by atomic mass is 16.6. The zero-order valence-corrected chi connectivity index (χ0v) is 8.40. The lowest BCUT2D eigenvalue weighted by Gasteiger charge is -2.06. The smallest absolute Gasteiger partial charge is 0.311 e. The van der Waals surface area contributed by atoms with Gasteiger partial charge in [-0.15, -0.1) is 0 Å². The van der Waals surface area contributed by atoms with Gasteiger partial charge in [0.15, 0.2) is 5.75 Å². The fourth-order valence-electron chi connectivity index (χ4n) is 1.14. The van der Waals surface area contributed by atoms with Crippen molar-refractivity contribution in [1.29, 1.82) is 0 Å². The minimum Gasteiger partial charge on any atom is -0.490 e. The first-order chi connectivity index (χ1) is 6.56. The van der Waals surface area contributed by atoms with Crippen LogP contribution in [-0.4, -0.2) is 12.0 Å². The third-order valence-electron chi connectivity index (χ3n) is 1.95. The van der Waals surface area contributed by atoms with Gasteiger partial charge in [0.05, 0.1) is 12.0 Å². The molecule has 1 aromatic rings. The molecule has 0 aliphatic heterocycles. The molecule has 0 aliphatic carbocycles. The van der Waals surface area contributed by atoms with Crippen molar-refractivity contribution in [1.82, 2.24) is 0 Å². The molecular weight excluding hydrogens is 182 g/mol. The molecule has 75 valence electrons.